The van der Waals surface area contributed by atoms with Crippen LogP contribution in [-0.4, -0.2) is 20.1 Å². The summed E-state index contributed by atoms with van der Waals surface area (Å²) in [4.78, 5) is 14.0. The number of benzene rings is 1. The molecule has 4 aromatic rings. The van der Waals surface area contributed by atoms with Crippen LogP contribution in [0.15, 0.2) is 67.1 Å². The van der Waals surface area contributed by atoms with Crippen molar-refractivity contribution in [1.82, 2.24) is 15.0 Å². The van der Waals surface area contributed by atoms with Crippen molar-refractivity contribution in [2.24, 2.45) is 0 Å². The molecule has 0 unspecified atom stereocenters. The number of unbranched alkanes of at least 4 members (excludes halogenated alkanes) is 2. The van der Waals surface area contributed by atoms with Crippen molar-refractivity contribution in [2.75, 3.05) is 0 Å². The molecule has 4 nitrogen and oxygen atoms in total. The molecule has 3 heterocycles. The molecule has 0 fully saturated rings. The molecular weight excluding hydrogens is 613 g/mol. The van der Waals surface area contributed by atoms with Gasteiger partial charge < -0.3 is 10.1 Å². The third-order valence-corrected chi connectivity index (χ3v) is 7.01. The summed E-state index contributed by atoms with van der Waals surface area (Å²) >= 11 is 0. The zero-order valence-corrected chi connectivity index (χ0v) is 22.5. The van der Waals surface area contributed by atoms with Crippen LogP contribution in [0.3, 0.4) is 0 Å². The van der Waals surface area contributed by atoms with Crippen LogP contribution in [0, 0.1) is 6.07 Å². The van der Waals surface area contributed by atoms with Gasteiger partial charge in [-0.15, -0.1) is 6.07 Å². The first-order chi connectivity index (χ1) is 16.7. The number of phenols is 1. The predicted octanol–water partition coefficient (Wildman–Crippen LogP) is 7.36. The topological polar surface area (TPSA) is 58.9 Å². The molecule has 0 bridgehead atoms. The van der Waals surface area contributed by atoms with Gasteiger partial charge in [-0.3, -0.25) is 9.97 Å². The Hall–Kier alpha value is -2.84. The van der Waals surface area contributed by atoms with E-state index < -0.39 is 0 Å². The summed E-state index contributed by atoms with van der Waals surface area (Å²) in [5.41, 5.74) is 7.45. The minimum atomic E-state index is -0.0985. The second-order valence-electron chi connectivity index (χ2n) is 9.16. The van der Waals surface area contributed by atoms with Gasteiger partial charge in [-0.05, 0) is 48.5 Å². The van der Waals surface area contributed by atoms with Crippen molar-refractivity contribution in [1.29, 1.82) is 0 Å². The molecule has 0 atom stereocenters. The van der Waals surface area contributed by atoms with E-state index in [2.05, 4.69) is 48.1 Å². The summed E-state index contributed by atoms with van der Waals surface area (Å²) < 4.78 is 0. The molecule has 0 saturated heterocycles. The molecule has 5 heteroatoms. The largest absolute Gasteiger partial charge is 0.507 e. The van der Waals surface area contributed by atoms with Crippen LogP contribution in [-0.2, 0) is 26.5 Å². The Morgan fingerprint density at radius 1 is 0.829 bits per heavy atom. The Labute approximate surface area is 222 Å². The summed E-state index contributed by atoms with van der Waals surface area (Å²) in [5.74, 6) is 0.308. The molecule has 0 radical (unpaired) electrons. The average molecular weight is 644 g/mol. The van der Waals surface area contributed by atoms with E-state index in [1.807, 2.05) is 24.3 Å². The van der Waals surface area contributed by atoms with E-state index in [1.165, 1.54) is 11.1 Å². The summed E-state index contributed by atoms with van der Waals surface area (Å²) in [6.07, 6.45) is 12.1. The fourth-order valence-corrected chi connectivity index (χ4v) is 5.32. The molecule has 1 aromatic carbocycles. The van der Waals surface area contributed by atoms with Crippen molar-refractivity contribution in [3.63, 3.8) is 0 Å². The molecule has 5 rings (SSSR count). The van der Waals surface area contributed by atoms with Crippen molar-refractivity contribution >= 4 is 0 Å². The van der Waals surface area contributed by atoms with Crippen LogP contribution in [0.2, 0.25) is 0 Å². The second kappa shape index (κ2) is 10.8. The molecule has 182 valence electrons. The zero-order chi connectivity index (χ0) is 23.5. The van der Waals surface area contributed by atoms with Crippen LogP contribution in [0.4, 0.5) is 0 Å². The number of fused-ring (bicyclic) bond motifs is 3. The van der Waals surface area contributed by atoms with Crippen molar-refractivity contribution in [2.45, 2.75) is 57.8 Å². The minimum absolute atomic E-state index is 0. The molecule has 0 aliphatic heterocycles. The standard InChI is InChI=1S/C30H30N3O.Pt/c1-3-5-15-30(16-6-4-2)23-10-9-12-27(34)28(23)29-24(30)13-14-26(33-29)22-18-21(19-31-20-22)25-11-7-8-17-32-25;/h7-14,17,19-20,34H,3-6,15-16H2,1-2H3;/q-1;. The average Bonchev–Trinajstić information content (AvgIpc) is 3.17. The maximum Gasteiger partial charge on any atom is 0.125 e. The van der Waals surface area contributed by atoms with Crippen molar-refractivity contribution < 1.29 is 26.2 Å². The van der Waals surface area contributed by atoms with Gasteiger partial charge in [0.05, 0.1) is 5.69 Å². The first-order valence-corrected chi connectivity index (χ1v) is 12.3. The SMILES string of the molecule is CCCCC1(CCCC)c2ccc(-c3[c-]c(-c4ccccn4)cnc3)nc2-c2c(O)cccc21.[Pt]. The van der Waals surface area contributed by atoms with E-state index in [4.69, 9.17) is 4.98 Å². The number of aromatic nitrogens is 3. The Morgan fingerprint density at radius 2 is 1.57 bits per heavy atom. The number of pyridine rings is 3. The first-order valence-electron chi connectivity index (χ1n) is 12.3. The van der Waals surface area contributed by atoms with E-state index >= 15 is 0 Å². The molecule has 1 N–H and O–H groups in total. The number of phenolic OH excluding ortho intramolecular Hbond substituents is 1. The van der Waals surface area contributed by atoms with Gasteiger partial charge in [0.2, 0.25) is 0 Å². The summed E-state index contributed by atoms with van der Waals surface area (Å²) in [5, 5.41) is 10.9. The van der Waals surface area contributed by atoms with Crippen LogP contribution < -0.4 is 0 Å². The molecule has 1 aliphatic carbocycles. The normalized spacial score (nSPS) is 13.1. The molecule has 0 spiro atoms. The van der Waals surface area contributed by atoms with E-state index in [1.54, 1.807) is 24.7 Å². The monoisotopic (exact) mass is 643 g/mol. The molecule has 3 aromatic heterocycles. The van der Waals surface area contributed by atoms with Crippen molar-refractivity contribution in [3.8, 4) is 39.5 Å². The molecule has 35 heavy (non-hydrogen) atoms. The first kappa shape index (κ1) is 25.3. The number of hydrogen-bond donors (Lipinski definition) is 1. The van der Waals surface area contributed by atoms with Gasteiger partial charge in [0, 0.05) is 49.6 Å². The third-order valence-electron chi connectivity index (χ3n) is 7.01. The fourth-order valence-electron chi connectivity index (χ4n) is 5.32. The zero-order valence-electron chi connectivity index (χ0n) is 20.2. The van der Waals surface area contributed by atoms with E-state index in [9.17, 15) is 5.11 Å². The summed E-state index contributed by atoms with van der Waals surface area (Å²) in [7, 11) is 0. The summed E-state index contributed by atoms with van der Waals surface area (Å²) in [6, 6.07) is 19.5. The molecular formula is C30H30N3OPt-. The maximum atomic E-state index is 10.9. The molecule has 0 amide bonds. The Kier molecular flexibility index (Phi) is 7.81. The van der Waals surface area contributed by atoms with E-state index in [0.29, 0.717) is 5.75 Å². The minimum Gasteiger partial charge on any atom is -0.507 e. The van der Waals surface area contributed by atoms with E-state index in [-0.39, 0.29) is 26.5 Å². The fraction of sp³-hybridized carbons (Fsp3) is 0.300. The van der Waals surface area contributed by atoms with Crippen molar-refractivity contribution in [3.05, 3.63) is 84.3 Å². The smallest absolute Gasteiger partial charge is 0.125 e. The van der Waals surface area contributed by atoms with Gasteiger partial charge >= 0.3 is 0 Å². The Balaban J connectivity index is 0.00000289. The van der Waals surface area contributed by atoms with Gasteiger partial charge in [-0.2, -0.15) is 0 Å². The van der Waals surface area contributed by atoms with Gasteiger partial charge in [-0.1, -0.05) is 87.1 Å². The third kappa shape index (κ3) is 4.57. The molecule has 1 aliphatic rings. The summed E-state index contributed by atoms with van der Waals surface area (Å²) in [6.45, 7) is 4.48. The second-order valence-corrected chi connectivity index (χ2v) is 9.16. The predicted molar refractivity (Wildman–Crippen MR) is 136 cm³/mol. The van der Waals surface area contributed by atoms with Crippen LogP contribution in [0.25, 0.3) is 33.8 Å². The Morgan fingerprint density at radius 3 is 2.26 bits per heavy atom. The van der Waals surface area contributed by atoms with Gasteiger partial charge in [-0.25, -0.2) is 0 Å². The van der Waals surface area contributed by atoms with Gasteiger partial charge in [0.25, 0.3) is 0 Å². The van der Waals surface area contributed by atoms with E-state index in [0.717, 1.165) is 72.3 Å². The van der Waals surface area contributed by atoms with Crippen LogP contribution in [0.1, 0.15) is 63.5 Å². The number of rotatable bonds is 8. The van der Waals surface area contributed by atoms with Crippen LogP contribution in [0.5, 0.6) is 5.75 Å². The van der Waals surface area contributed by atoms with Gasteiger partial charge in [0.1, 0.15) is 5.75 Å². The van der Waals surface area contributed by atoms with Crippen LogP contribution >= 0.6 is 0 Å². The Bertz CT molecular complexity index is 1300. The number of hydrogen-bond acceptors (Lipinski definition) is 4. The van der Waals surface area contributed by atoms with Gasteiger partial charge in [0.15, 0.2) is 0 Å². The maximum absolute atomic E-state index is 10.9. The number of nitrogens with zero attached hydrogens (tertiary/aromatic N) is 3. The molecule has 0 saturated carbocycles. The quantitative estimate of drug-likeness (QED) is 0.204. The number of aromatic hydroxyl groups is 1.